The van der Waals surface area contributed by atoms with E-state index in [0.717, 1.165) is 31.5 Å². The number of nitrogens with zero attached hydrogens (tertiary/aromatic N) is 2. The van der Waals surface area contributed by atoms with E-state index < -0.39 is 0 Å². The number of hydrogen-bond acceptors (Lipinski definition) is 2. The Bertz CT molecular complexity index is 760. The third kappa shape index (κ3) is 4.91. The summed E-state index contributed by atoms with van der Waals surface area (Å²) < 4.78 is 0. The molecule has 2 aromatic carbocycles. The van der Waals surface area contributed by atoms with E-state index >= 15 is 0 Å². The van der Waals surface area contributed by atoms with Gasteiger partial charge in [-0.25, -0.2) is 4.79 Å². The summed E-state index contributed by atoms with van der Waals surface area (Å²) in [5.74, 6) is 0. The number of piperidine rings is 1. The van der Waals surface area contributed by atoms with Crippen LogP contribution in [0.1, 0.15) is 18.4 Å². The molecule has 4 nitrogen and oxygen atoms in total. The lowest BCUT2D eigenvalue weighted by Gasteiger charge is -2.37. The maximum atomic E-state index is 13.0. The van der Waals surface area contributed by atoms with E-state index in [1.807, 2.05) is 41.3 Å². The first kappa shape index (κ1) is 19.0. The van der Waals surface area contributed by atoms with Crippen molar-refractivity contribution in [2.45, 2.75) is 25.4 Å². The Balaban J connectivity index is 1.79. The minimum Gasteiger partial charge on any atom is -0.317 e. The number of urea groups is 1. The van der Waals surface area contributed by atoms with E-state index in [2.05, 4.69) is 17.3 Å². The van der Waals surface area contributed by atoms with Crippen LogP contribution in [0.2, 0.25) is 10.0 Å². The maximum absolute atomic E-state index is 13.0. The van der Waals surface area contributed by atoms with Crippen molar-refractivity contribution < 1.29 is 4.79 Å². The summed E-state index contributed by atoms with van der Waals surface area (Å²) in [5.41, 5.74) is 1.65. The number of carbonyl (C=O) groups is 1. The highest BCUT2D eigenvalue weighted by atomic mass is 35.5. The highest BCUT2D eigenvalue weighted by Crippen LogP contribution is 2.24. The summed E-state index contributed by atoms with van der Waals surface area (Å²) in [5, 5.41) is 4.26. The van der Waals surface area contributed by atoms with Gasteiger partial charge >= 0.3 is 6.03 Å². The van der Waals surface area contributed by atoms with Crippen molar-refractivity contribution in [3.8, 4) is 0 Å². The average Bonchev–Trinajstić information content (AvgIpc) is 2.62. The van der Waals surface area contributed by atoms with Gasteiger partial charge in [-0.15, -0.1) is 0 Å². The van der Waals surface area contributed by atoms with E-state index in [9.17, 15) is 4.79 Å². The van der Waals surface area contributed by atoms with Gasteiger partial charge in [-0.2, -0.15) is 0 Å². The minimum absolute atomic E-state index is 0.123. The third-order valence-corrected chi connectivity index (χ3v) is 5.37. The highest BCUT2D eigenvalue weighted by molar-refractivity contribution is 6.31. The van der Waals surface area contributed by atoms with Crippen molar-refractivity contribution in [1.29, 1.82) is 0 Å². The van der Waals surface area contributed by atoms with Crippen molar-refractivity contribution in [2.24, 2.45) is 0 Å². The molecule has 0 aromatic heterocycles. The summed E-state index contributed by atoms with van der Waals surface area (Å²) >= 11 is 12.4. The molecule has 0 spiro atoms. The summed E-state index contributed by atoms with van der Waals surface area (Å²) in [6.07, 6.45) is 1.90. The fraction of sp³-hybridized carbons (Fsp3) is 0.350. The summed E-state index contributed by atoms with van der Waals surface area (Å²) in [6, 6.07) is 14.9. The number of hydrogen-bond donors (Lipinski definition) is 1. The lowest BCUT2D eigenvalue weighted by molar-refractivity contribution is 0.135. The van der Waals surface area contributed by atoms with Crippen molar-refractivity contribution >= 4 is 34.9 Å². The quantitative estimate of drug-likeness (QED) is 0.784. The number of nitrogens with one attached hydrogen (secondary N) is 1. The van der Waals surface area contributed by atoms with Crippen LogP contribution in [0.5, 0.6) is 0 Å². The second-order valence-corrected chi connectivity index (χ2v) is 7.54. The van der Waals surface area contributed by atoms with Gasteiger partial charge in [0.15, 0.2) is 0 Å². The molecule has 2 aromatic rings. The van der Waals surface area contributed by atoms with Gasteiger partial charge in [-0.1, -0.05) is 47.5 Å². The van der Waals surface area contributed by atoms with Gasteiger partial charge < -0.3 is 15.1 Å². The second kappa shape index (κ2) is 8.76. The number of rotatable bonds is 4. The lowest BCUT2D eigenvalue weighted by atomic mass is 10.0. The van der Waals surface area contributed by atoms with Crippen LogP contribution in [-0.2, 0) is 6.54 Å². The largest absolute Gasteiger partial charge is 0.322 e. The van der Waals surface area contributed by atoms with Crippen LogP contribution in [0.15, 0.2) is 48.5 Å². The predicted octanol–water partition coefficient (Wildman–Crippen LogP) is 5.12. The molecule has 0 aliphatic carbocycles. The smallest absolute Gasteiger partial charge is 0.317 e. The van der Waals surface area contributed by atoms with Gasteiger partial charge in [0, 0.05) is 28.3 Å². The van der Waals surface area contributed by atoms with E-state index in [4.69, 9.17) is 23.2 Å². The van der Waals surface area contributed by atoms with Crippen molar-refractivity contribution in [2.75, 3.05) is 25.5 Å². The first-order chi connectivity index (χ1) is 12.5. The molecular weight excluding hydrogens is 369 g/mol. The zero-order chi connectivity index (χ0) is 18.5. The molecule has 0 unspecified atom stereocenters. The first-order valence-corrected chi connectivity index (χ1v) is 9.53. The molecule has 138 valence electrons. The Hall–Kier alpha value is -1.75. The zero-order valence-electron chi connectivity index (χ0n) is 14.8. The molecule has 1 saturated heterocycles. The van der Waals surface area contributed by atoms with Gasteiger partial charge in [0.05, 0.1) is 0 Å². The molecule has 0 atom stereocenters. The van der Waals surface area contributed by atoms with Gasteiger partial charge in [0.1, 0.15) is 0 Å². The van der Waals surface area contributed by atoms with E-state index in [1.165, 1.54) is 0 Å². The molecule has 3 rings (SSSR count). The molecule has 0 bridgehead atoms. The van der Waals surface area contributed by atoms with E-state index in [0.29, 0.717) is 22.3 Å². The van der Waals surface area contributed by atoms with Crippen molar-refractivity contribution in [1.82, 2.24) is 9.80 Å². The molecule has 6 heteroatoms. The molecule has 2 amide bonds. The average molecular weight is 392 g/mol. The van der Waals surface area contributed by atoms with E-state index in [1.54, 1.807) is 12.1 Å². The number of likely N-dealkylation sites (tertiary alicyclic amines) is 1. The number of halogens is 2. The zero-order valence-corrected chi connectivity index (χ0v) is 16.3. The Morgan fingerprint density at radius 3 is 2.58 bits per heavy atom. The van der Waals surface area contributed by atoms with Gasteiger partial charge in [-0.3, -0.25) is 0 Å². The van der Waals surface area contributed by atoms with Crippen molar-refractivity contribution in [3.05, 3.63) is 64.1 Å². The second-order valence-electron chi connectivity index (χ2n) is 6.69. The van der Waals surface area contributed by atoms with Crippen LogP contribution in [0.4, 0.5) is 10.5 Å². The molecule has 1 fully saturated rings. The Kier molecular flexibility index (Phi) is 6.41. The number of anilines is 1. The van der Waals surface area contributed by atoms with Crippen LogP contribution in [-0.4, -0.2) is 42.0 Å². The van der Waals surface area contributed by atoms with Crippen LogP contribution < -0.4 is 5.32 Å². The van der Waals surface area contributed by atoms with Gasteiger partial charge in [0.25, 0.3) is 0 Å². The maximum Gasteiger partial charge on any atom is 0.322 e. The topological polar surface area (TPSA) is 35.6 Å². The van der Waals surface area contributed by atoms with Crippen LogP contribution in [0, 0.1) is 0 Å². The Morgan fingerprint density at radius 1 is 1.15 bits per heavy atom. The SMILES string of the molecule is CN1CCC(N(Cc2ccccc2Cl)C(=O)Nc2cccc(Cl)c2)CC1. The van der Waals surface area contributed by atoms with Crippen LogP contribution >= 0.6 is 23.2 Å². The molecule has 26 heavy (non-hydrogen) atoms. The number of benzene rings is 2. The van der Waals surface area contributed by atoms with Crippen LogP contribution in [0.25, 0.3) is 0 Å². The molecule has 1 N–H and O–H groups in total. The lowest BCUT2D eigenvalue weighted by Crippen LogP contribution is -2.47. The fourth-order valence-electron chi connectivity index (χ4n) is 3.25. The third-order valence-electron chi connectivity index (χ3n) is 4.76. The number of amides is 2. The molecule has 0 radical (unpaired) electrons. The van der Waals surface area contributed by atoms with Gasteiger partial charge in [0.2, 0.25) is 0 Å². The highest BCUT2D eigenvalue weighted by Gasteiger charge is 2.27. The normalized spacial score (nSPS) is 15.7. The molecule has 0 saturated carbocycles. The predicted molar refractivity (Wildman–Crippen MR) is 108 cm³/mol. The molecule has 1 aliphatic rings. The number of carbonyl (C=O) groups excluding carboxylic acids is 1. The monoisotopic (exact) mass is 391 g/mol. The van der Waals surface area contributed by atoms with Gasteiger partial charge in [-0.05, 0) is 62.8 Å². The Labute approximate surface area is 164 Å². The summed E-state index contributed by atoms with van der Waals surface area (Å²) in [6.45, 7) is 2.45. The van der Waals surface area contributed by atoms with Crippen LogP contribution in [0.3, 0.4) is 0 Å². The summed E-state index contributed by atoms with van der Waals surface area (Å²) in [4.78, 5) is 17.2. The fourth-order valence-corrected chi connectivity index (χ4v) is 3.63. The molecule has 1 aliphatic heterocycles. The Morgan fingerprint density at radius 2 is 1.88 bits per heavy atom. The standard InChI is InChI=1S/C20H23Cl2N3O/c1-24-11-9-18(10-12-24)25(14-15-5-2-3-8-19(15)22)20(26)23-17-7-4-6-16(21)13-17/h2-8,13,18H,9-12,14H2,1H3,(H,23,26). The van der Waals surface area contributed by atoms with E-state index in [-0.39, 0.29) is 12.1 Å². The first-order valence-electron chi connectivity index (χ1n) is 8.78. The summed E-state index contributed by atoms with van der Waals surface area (Å²) in [7, 11) is 2.11. The molecular formula is C20H23Cl2N3O. The molecule has 1 heterocycles. The van der Waals surface area contributed by atoms with Crippen molar-refractivity contribution in [3.63, 3.8) is 0 Å². The minimum atomic E-state index is -0.123.